The second kappa shape index (κ2) is 7.06. The average molecular weight is 356 g/mol. The highest BCUT2D eigenvalue weighted by Crippen LogP contribution is 2.25. The van der Waals surface area contributed by atoms with Crippen LogP contribution in [0.3, 0.4) is 0 Å². The van der Waals surface area contributed by atoms with Crippen molar-refractivity contribution >= 4 is 35.0 Å². The number of nitrogens with one attached hydrogen (secondary N) is 1. The van der Waals surface area contributed by atoms with Crippen LogP contribution in [0.2, 0.25) is 0 Å². The van der Waals surface area contributed by atoms with Gasteiger partial charge >= 0.3 is 0 Å². The third-order valence-electron chi connectivity index (χ3n) is 3.89. The number of hydrogen-bond acceptors (Lipinski definition) is 4. The molecule has 1 amide bonds. The van der Waals surface area contributed by atoms with Crippen LogP contribution in [0.25, 0.3) is 6.08 Å². The van der Waals surface area contributed by atoms with Crippen molar-refractivity contribution in [2.24, 2.45) is 0 Å². The monoisotopic (exact) mass is 356 g/mol. The summed E-state index contributed by atoms with van der Waals surface area (Å²) in [5.74, 6) is 0.577. The van der Waals surface area contributed by atoms with Crippen LogP contribution in [-0.2, 0) is 11.3 Å². The van der Waals surface area contributed by atoms with E-state index in [9.17, 15) is 4.79 Å². The molecule has 1 aromatic heterocycles. The fourth-order valence-electron chi connectivity index (χ4n) is 2.62. The lowest BCUT2D eigenvalue weighted by molar-refractivity contribution is -0.113. The summed E-state index contributed by atoms with van der Waals surface area (Å²) in [6.45, 7) is 7.24. The van der Waals surface area contributed by atoms with Gasteiger partial charge in [0.15, 0.2) is 5.11 Å². The van der Waals surface area contributed by atoms with Gasteiger partial charge in [-0.1, -0.05) is 0 Å². The zero-order chi connectivity index (χ0) is 18.0. The maximum atomic E-state index is 12.8. The molecule has 6 nitrogen and oxygen atoms in total. The molecular formula is C18H20N4O2S. The lowest BCUT2D eigenvalue weighted by Crippen LogP contribution is -2.30. The third kappa shape index (κ3) is 3.41. The molecule has 0 bridgehead atoms. The molecule has 1 aliphatic heterocycles. The van der Waals surface area contributed by atoms with Crippen LogP contribution < -0.4 is 15.0 Å². The van der Waals surface area contributed by atoms with Crippen molar-refractivity contribution < 1.29 is 9.53 Å². The molecule has 1 saturated heterocycles. The normalized spacial score (nSPS) is 15.8. The van der Waals surface area contributed by atoms with Crippen molar-refractivity contribution in [3.05, 3.63) is 47.4 Å². The standard InChI is InChI=1S/C18H20N4O2S/c1-4-21-11-13(12(3)20-21)10-16-17(23)22(18(25)19-16)14-6-8-15(9-7-14)24-5-2/h6-11H,4-5H2,1-3H3,(H,19,25)/b16-10+. The molecular weight excluding hydrogens is 336 g/mol. The average Bonchev–Trinajstić information content (AvgIpc) is 3.09. The van der Waals surface area contributed by atoms with Crippen molar-refractivity contribution in [1.29, 1.82) is 0 Å². The second-order valence-electron chi connectivity index (χ2n) is 5.58. The molecule has 7 heteroatoms. The number of amides is 1. The Hall–Kier alpha value is -2.67. The first-order chi connectivity index (χ1) is 12.0. The highest BCUT2D eigenvalue weighted by molar-refractivity contribution is 7.80. The zero-order valence-electron chi connectivity index (χ0n) is 14.4. The van der Waals surface area contributed by atoms with Gasteiger partial charge in [-0.15, -0.1) is 0 Å². The Bertz CT molecular complexity index is 839. The van der Waals surface area contributed by atoms with Crippen LogP contribution in [0, 0.1) is 6.92 Å². The van der Waals surface area contributed by atoms with E-state index in [0.29, 0.717) is 23.1 Å². The van der Waals surface area contributed by atoms with Gasteiger partial charge in [0.25, 0.3) is 5.91 Å². The van der Waals surface area contributed by atoms with Crippen LogP contribution in [0.1, 0.15) is 25.1 Å². The Labute approximate surface area is 152 Å². The third-order valence-corrected chi connectivity index (χ3v) is 4.18. The molecule has 1 fully saturated rings. The van der Waals surface area contributed by atoms with Gasteiger partial charge in [-0.25, -0.2) is 0 Å². The van der Waals surface area contributed by atoms with Crippen LogP contribution in [0.5, 0.6) is 5.75 Å². The number of benzene rings is 1. The molecule has 0 aliphatic carbocycles. The fourth-order valence-corrected chi connectivity index (χ4v) is 2.92. The number of rotatable bonds is 5. The van der Waals surface area contributed by atoms with Crippen LogP contribution >= 0.6 is 12.2 Å². The number of anilines is 1. The van der Waals surface area contributed by atoms with E-state index in [4.69, 9.17) is 17.0 Å². The van der Waals surface area contributed by atoms with E-state index in [1.807, 2.05) is 55.9 Å². The summed E-state index contributed by atoms with van der Waals surface area (Å²) in [4.78, 5) is 14.3. The smallest absolute Gasteiger partial charge is 0.281 e. The minimum absolute atomic E-state index is 0.183. The molecule has 1 aromatic carbocycles. The van der Waals surface area contributed by atoms with Gasteiger partial charge in [0.05, 0.1) is 18.0 Å². The largest absolute Gasteiger partial charge is 0.494 e. The number of aryl methyl sites for hydroxylation is 2. The lowest BCUT2D eigenvalue weighted by Gasteiger charge is -2.14. The first-order valence-electron chi connectivity index (χ1n) is 8.17. The van der Waals surface area contributed by atoms with Crippen molar-refractivity contribution in [3.63, 3.8) is 0 Å². The van der Waals surface area contributed by atoms with Gasteiger partial charge < -0.3 is 10.1 Å². The lowest BCUT2D eigenvalue weighted by atomic mass is 10.2. The summed E-state index contributed by atoms with van der Waals surface area (Å²) >= 11 is 5.34. The van der Waals surface area contributed by atoms with Crippen molar-refractivity contribution in [1.82, 2.24) is 15.1 Å². The van der Waals surface area contributed by atoms with Crippen molar-refractivity contribution in [3.8, 4) is 5.75 Å². The molecule has 1 N–H and O–H groups in total. The zero-order valence-corrected chi connectivity index (χ0v) is 15.3. The van der Waals surface area contributed by atoms with E-state index in [1.54, 1.807) is 6.08 Å². The van der Waals surface area contributed by atoms with Crippen LogP contribution in [0.4, 0.5) is 5.69 Å². The summed E-state index contributed by atoms with van der Waals surface area (Å²) in [7, 11) is 0. The molecule has 2 aromatic rings. The second-order valence-corrected chi connectivity index (χ2v) is 5.97. The van der Waals surface area contributed by atoms with Crippen molar-refractivity contribution in [2.75, 3.05) is 11.5 Å². The molecule has 0 radical (unpaired) electrons. The number of aromatic nitrogens is 2. The first kappa shape index (κ1) is 17.2. The molecule has 0 atom stereocenters. The van der Waals surface area contributed by atoms with Gasteiger partial charge in [0.1, 0.15) is 11.4 Å². The molecule has 25 heavy (non-hydrogen) atoms. The summed E-state index contributed by atoms with van der Waals surface area (Å²) < 4.78 is 7.27. The molecule has 1 aliphatic rings. The van der Waals surface area contributed by atoms with Gasteiger partial charge in [-0.2, -0.15) is 5.10 Å². The minimum Gasteiger partial charge on any atom is -0.494 e. The fraction of sp³-hybridized carbons (Fsp3) is 0.278. The SMILES string of the molecule is CCOc1ccc(N2C(=O)/C(=C\c3cn(CC)nc3C)NC2=S)cc1. The first-order valence-corrected chi connectivity index (χ1v) is 8.58. The topological polar surface area (TPSA) is 59.4 Å². The Morgan fingerprint density at radius 3 is 2.60 bits per heavy atom. The van der Waals surface area contributed by atoms with E-state index in [2.05, 4.69) is 10.4 Å². The molecule has 3 rings (SSSR count). The van der Waals surface area contributed by atoms with Gasteiger partial charge in [0.2, 0.25) is 0 Å². The highest BCUT2D eigenvalue weighted by Gasteiger charge is 2.32. The molecule has 0 saturated carbocycles. The molecule has 0 unspecified atom stereocenters. The maximum Gasteiger partial charge on any atom is 0.281 e. The summed E-state index contributed by atoms with van der Waals surface area (Å²) in [6.07, 6.45) is 3.71. The molecule has 2 heterocycles. The van der Waals surface area contributed by atoms with Gasteiger partial charge in [-0.05, 0) is 63.3 Å². The molecule has 130 valence electrons. The highest BCUT2D eigenvalue weighted by atomic mass is 32.1. The van der Waals surface area contributed by atoms with E-state index in [0.717, 1.165) is 23.6 Å². The van der Waals surface area contributed by atoms with Gasteiger partial charge in [-0.3, -0.25) is 14.4 Å². The maximum absolute atomic E-state index is 12.8. The number of hydrogen-bond donors (Lipinski definition) is 1. The Balaban J connectivity index is 1.86. The van der Waals surface area contributed by atoms with Crippen LogP contribution in [0.15, 0.2) is 36.2 Å². The van der Waals surface area contributed by atoms with Gasteiger partial charge in [0, 0.05) is 18.3 Å². The minimum atomic E-state index is -0.183. The number of ether oxygens (including phenoxy) is 1. The number of carbonyl (C=O) groups excluding carboxylic acids is 1. The van der Waals surface area contributed by atoms with E-state index in [-0.39, 0.29) is 5.91 Å². The quantitative estimate of drug-likeness (QED) is 0.659. The van der Waals surface area contributed by atoms with E-state index >= 15 is 0 Å². The predicted molar refractivity (Wildman–Crippen MR) is 101 cm³/mol. The predicted octanol–water partition coefficient (Wildman–Crippen LogP) is 2.87. The summed E-state index contributed by atoms with van der Waals surface area (Å²) in [6, 6.07) is 7.29. The Morgan fingerprint density at radius 2 is 2.00 bits per heavy atom. The van der Waals surface area contributed by atoms with E-state index in [1.165, 1.54) is 4.90 Å². The summed E-state index contributed by atoms with van der Waals surface area (Å²) in [5.41, 5.74) is 2.91. The van der Waals surface area contributed by atoms with Crippen molar-refractivity contribution in [2.45, 2.75) is 27.3 Å². The Kier molecular flexibility index (Phi) is 4.85. The number of carbonyl (C=O) groups is 1. The van der Waals surface area contributed by atoms with Crippen LogP contribution in [-0.4, -0.2) is 27.4 Å². The Morgan fingerprint density at radius 1 is 1.28 bits per heavy atom. The summed E-state index contributed by atoms with van der Waals surface area (Å²) in [5, 5.41) is 7.75. The number of nitrogens with zero attached hydrogens (tertiary/aromatic N) is 3. The van der Waals surface area contributed by atoms with E-state index < -0.39 is 0 Å². The number of thiocarbonyl (C=S) groups is 1. The molecule has 0 spiro atoms.